The van der Waals surface area contributed by atoms with Crippen LogP contribution in [0.25, 0.3) is 11.3 Å². The smallest absolute Gasteiger partial charge is 0.186 e. The van der Waals surface area contributed by atoms with E-state index in [1.165, 1.54) is 4.79 Å². The van der Waals surface area contributed by atoms with Crippen LogP contribution in [0.4, 0.5) is 0 Å². The van der Waals surface area contributed by atoms with Crippen molar-refractivity contribution < 1.29 is 4.21 Å². The van der Waals surface area contributed by atoms with Crippen LogP contribution in [0.2, 0.25) is 0 Å². The van der Waals surface area contributed by atoms with Crippen LogP contribution in [-0.4, -0.2) is 24.4 Å². The molecule has 0 saturated heterocycles. The lowest BCUT2D eigenvalue weighted by atomic mass is 10.2. The predicted molar refractivity (Wildman–Crippen MR) is 80.2 cm³/mol. The summed E-state index contributed by atoms with van der Waals surface area (Å²) in [6.07, 6.45) is 0. The molecule has 1 atom stereocenters. The molecule has 0 aliphatic carbocycles. The van der Waals surface area contributed by atoms with Gasteiger partial charge in [0.1, 0.15) is 16.5 Å². The SMILES string of the molecule is O=S1C(c2ccccc2)=Nn2nnc(-c3ccccc3)c21. The van der Waals surface area contributed by atoms with Gasteiger partial charge in [-0.3, -0.25) is 0 Å². The molecule has 5 nitrogen and oxygen atoms in total. The second kappa shape index (κ2) is 4.75. The van der Waals surface area contributed by atoms with Crippen molar-refractivity contribution in [1.29, 1.82) is 0 Å². The van der Waals surface area contributed by atoms with Gasteiger partial charge < -0.3 is 0 Å². The van der Waals surface area contributed by atoms with E-state index in [1.54, 1.807) is 0 Å². The first-order chi connectivity index (χ1) is 10.3. The van der Waals surface area contributed by atoms with Crippen LogP contribution < -0.4 is 0 Å². The van der Waals surface area contributed by atoms with Gasteiger partial charge in [0.25, 0.3) is 0 Å². The van der Waals surface area contributed by atoms with Gasteiger partial charge in [-0.2, -0.15) is 0 Å². The number of nitrogens with zero attached hydrogens (tertiary/aromatic N) is 4. The van der Waals surface area contributed by atoms with E-state index in [2.05, 4.69) is 15.4 Å². The van der Waals surface area contributed by atoms with Gasteiger partial charge in [0, 0.05) is 11.1 Å². The summed E-state index contributed by atoms with van der Waals surface area (Å²) in [5, 5.41) is 13.4. The van der Waals surface area contributed by atoms with E-state index in [-0.39, 0.29) is 0 Å². The van der Waals surface area contributed by atoms with Crippen molar-refractivity contribution in [3.8, 4) is 11.3 Å². The number of rotatable bonds is 2. The normalized spacial score (nSPS) is 16.6. The molecular weight excluding hydrogens is 284 g/mol. The Hall–Kier alpha value is -2.60. The highest BCUT2D eigenvalue weighted by molar-refractivity contribution is 8.01. The zero-order valence-corrected chi connectivity index (χ0v) is 11.7. The third-order valence-electron chi connectivity index (χ3n) is 3.22. The molecule has 2 heterocycles. The summed E-state index contributed by atoms with van der Waals surface area (Å²) >= 11 is 0. The molecule has 4 rings (SSSR count). The van der Waals surface area contributed by atoms with E-state index in [1.807, 2.05) is 60.7 Å². The van der Waals surface area contributed by atoms with Crippen molar-refractivity contribution >= 4 is 15.8 Å². The predicted octanol–water partition coefficient (Wildman–Crippen LogP) is 2.28. The zero-order chi connectivity index (χ0) is 14.2. The summed E-state index contributed by atoms with van der Waals surface area (Å²) in [7, 11) is -1.38. The molecule has 1 aliphatic rings. The third kappa shape index (κ3) is 1.92. The molecule has 3 aromatic rings. The minimum Gasteiger partial charge on any atom is -0.246 e. The van der Waals surface area contributed by atoms with Gasteiger partial charge in [-0.25, -0.2) is 4.21 Å². The first kappa shape index (κ1) is 12.2. The van der Waals surface area contributed by atoms with E-state index in [0.717, 1.165) is 11.1 Å². The Bertz CT molecular complexity index is 856. The molecule has 21 heavy (non-hydrogen) atoms. The summed E-state index contributed by atoms with van der Waals surface area (Å²) in [5.74, 6) is 0. The molecule has 0 fully saturated rings. The van der Waals surface area contributed by atoms with Crippen LogP contribution in [0.3, 0.4) is 0 Å². The Morgan fingerprint density at radius 1 is 0.857 bits per heavy atom. The molecular formula is C15H10N4OS. The van der Waals surface area contributed by atoms with Crippen LogP contribution in [0.5, 0.6) is 0 Å². The number of hydrogen-bond acceptors (Lipinski definition) is 4. The summed E-state index contributed by atoms with van der Waals surface area (Å²) in [4.78, 5) is 1.36. The van der Waals surface area contributed by atoms with Crippen molar-refractivity contribution in [3.63, 3.8) is 0 Å². The molecule has 0 amide bonds. The minimum absolute atomic E-state index is 0.512. The van der Waals surface area contributed by atoms with Gasteiger partial charge in [0.15, 0.2) is 10.1 Å². The highest BCUT2D eigenvalue weighted by Gasteiger charge is 2.30. The lowest BCUT2D eigenvalue weighted by molar-refractivity contribution is 0.643. The van der Waals surface area contributed by atoms with Gasteiger partial charge in [-0.1, -0.05) is 60.7 Å². The molecule has 0 spiro atoms. The van der Waals surface area contributed by atoms with Gasteiger partial charge in [0.05, 0.1) is 0 Å². The Morgan fingerprint density at radius 2 is 1.48 bits per heavy atom. The topological polar surface area (TPSA) is 60.1 Å². The van der Waals surface area contributed by atoms with Crippen molar-refractivity contribution in [2.24, 2.45) is 5.10 Å². The first-order valence-electron chi connectivity index (χ1n) is 6.42. The number of benzene rings is 2. The average Bonchev–Trinajstić information content (AvgIpc) is 3.10. The maximum atomic E-state index is 12.7. The Kier molecular flexibility index (Phi) is 2.75. The Balaban J connectivity index is 1.81. The fraction of sp³-hybridized carbons (Fsp3) is 0. The molecule has 0 bridgehead atoms. The lowest BCUT2D eigenvalue weighted by Crippen LogP contribution is -2.05. The molecule has 102 valence electrons. The van der Waals surface area contributed by atoms with Gasteiger partial charge in [0.2, 0.25) is 0 Å². The highest BCUT2D eigenvalue weighted by Crippen LogP contribution is 2.29. The van der Waals surface area contributed by atoms with E-state index in [0.29, 0.717) is 15.8 Å². The molecule has 6 heteroatoms. The lowest BCUT2D eigenvalue weighted by Gasteiger charge is -2.00. The zero-order valence-electron chi connectivity index (χ0n) is 10.9. The largest absolute Gasteiger partial charge is 0.246 e. The monoisotopic (exact) mass is 294 g/mol. The quantitative estimate of drug-likeness (QED) is 0.728. The van der Waals surface area contributed by atoms with Crippen molar-refractivity contribution in [1.82, 2.24) is 15.1 Å². The molecule has 0 saturated carbocycles. The molecule has 0 radical (unpaired) electrons. The third-order valence-corrected chi connectivity index (χ3v) is 4.59. The number of fused-ring (bicyclic) bond motifs is 1. The number of aromatic nitrogens is 3. The van der Waals surface area contributed by atoms with Crippen LogP contribution in [0.1, 0.15) is 5.56 Å². The molecule has 1 unspecified atom stereocenters. The molecule has 2 aromatic carbocycles. The first-order valence-corrected chi connectivity index (χ1v) is 7.57. The fourth-order valence-corrected chi connectivity index (χ4v) is 3.47. The Morgan fingerprint density at radius 3 is 2.14 bits per heavy atom. The summed E-state index contributed by atoms with van der Waals surface area (Å²) in [6, 6.07) is 19.1. The van der Waals surface area contributed by atoms with Crippen LogP contribution in [-0.2, 0) is 10.8 Å². The van der Waals surface area contributed by atoms with Gasteiger partial charge >= 0.3 is 0 Å². The fourth-order valence-electron chi connectivity index (χ4n) is 2.23. The highest BCUT2D eigenvalue weighted by atomic mass is 32.2. The Labute approximate surface area is 123 Å². The second-order valence-corrected chi connectivity index (χ2v) is 5.85. The summed E-state index contributed by atoms with van der Waals surface area (Å²) in [6.45, 7) is 0. The second-order valence-electron chi connectivity index (χ2n) is 4.54. The van der Waals surface area contributed by atoms with Gasteiger partial charge in [-0.15, -0.1) is 15.0 Å². The van der Waals surface area contributed by atoms with Crippen molar-refractivity contribution in [2.75, 3.05) is 0 Å². The van der Waals surface area contributed by atoms with Crippen molar-refractivity contribution in [2.45, 2.75) is 5.03 Å². The van der Waals surface area contributed by atoms with Gasteiger partial charge in [-0.05, 0) is 5.21 Å². The molecule has 0 N–H and O–H groups in total. The van der Waals surface area contributed by atoms with Crippen LogP contribution in [0.15, 0.2) is 70.8 Å². The summed E-state index contributed by atoms with van der Waals surface area (Å²) in [5.41, 5.74) is 2.33. The maximum Gasteiger partial charge on any atom is 0.186 e. The average molecular weight is 294 g/mol. The van der Waals surface area contributed by atoms with Crippen molar-refractivity contribution in [3.05, 3.63) is 66.2 Å². The van der Waals surface area contributed by atoms with E-state index in [4.69, 9.17) is 0 Å². The van der Waals surface area contributed by atoms with Crippen LogP contribution in [0, 0.1) is 0 Å². The minimum atomic E-state index is -1.38. The summed E-state index contributed by atoms with van der Waals surface area (Å²) < 4.78 is 12.7. The van der Waals surface area contributed by atoms with E-state index < -0.39 is 10.8 Å². The van der Waals surface area contributed by atoms with Crippen LogP contribution >= 0.6 is 0 Å². The van der Waals surface area contributed by atoms with E-state index >= 15 is 0 Å². The molecule has 1 aliphatic heterocycles. The maximum absolute atomic E-state index is 12.7. The number of hydrogen-bond donors (Lipinski definition) is 0. The molecule has 1 aromatic heterocycles. The van der Waals surface area contributed by atoms with E-state index in [9.17, 15) is 4.21 Å². The standard InChI is InChI=1S/C15H10N4OS/c20-21-14(12-9-5-2-6-10-12)17-19-15(21)13(16-18-19)11-7-3-1-4-8-11/h1-10H.